The molecule has 0 bridgehead atoms. The highest BCUT2D eigenvalue weighted by molar-refractivity contribution is 8.07. The number of amides is 5. The highest BCUT2D eigenvalue weighted by Crippen LogP contribution is 2.46. The molecule has 4 aliphatic heterocycles. The largest absolute Gasteiger partial charge is 0.369 e. The van der Waals surface area contributed by atoms with Gasteiger partial charge in [-0.3, -0.25) is 24.0 Å². The first-order valence-corrected chi connectivity index (χ1v) is 54.2. The van der Waals surface area contributed by atoms with E-state index in [1.807, 2.05) is 6.92 Å². The van der Waals surface area contributed by atoms with E-state index in [0.29, 0.717) is 80.8 Å². The molecule has 12 atom stereocenters. The van der Waals surface area contributed by atoms with Crippen molar-refractivity contribution in [2.24, 2.45) is 11.8 Å². The van der Waals surface area contributed by atoms with Gasteiger partial charge in [0.25, 0.3) is 0 Å². The second-order valence-electron chi connectivity index (χ2n) is 35.9. The SMILES string of the molecule is CC/C=C\C/C=C\C/C=C\CC1CC1C/C=C\CCCC(=O)NC(C)CC.CC/C=C\C/C=C\C/C=C\CC1OC1C/C=C\CCCC(=O)NC(C)CC.CC/C=C\C/C=C\C/C=C\CC1OC1C/C=C\CCCC(=O)NC1CC1.CC/C=C\C/C=C\C/C=C\CC1OC1C/C=C\CCCC(=O)NCCCC.CC/C=C\C/C=C\C/C=C\CC1SC1C/C=C\CCCC(=O)NCCC. The van der Waals surface area contributed by atoms with Crippen molar-refractivity contribution in [1.29, 1.82) is 0 Å². The van der Waals surface area contributed by atoms with E-state index >= 15 is 0 Å². The number of nitrogens with one attached hydrogen (secondary N) is 5. The van der Waals surface area contributed by atoms with Gasteiger partial charge in [-0.05, 0) is 295 Å². The molecule has 2 saturated carbocycles. The smallest absolute Gasteiger partial charge is 0.220 e. The predicted molar refractivity (Wildman–Crippen MR) is 577 cm³/mol. The number of hydrogen-bond acceptors (Lipinski definition) is 9. The summed E-state index contributed by atoms with van der Waals surface area (Å²) in [7, 11) is 0. The van der Waals surface area contributed by atoms with Crippen LogP contribution in [0.2, 0.25) is 0 Å². The van der Waals surface area contributed by atoms with Gasteiger partial charge in [-0.25, -0.2) is 0 Å². The molecule has 14 heteroatoms. The Morgan fingerprint density at radius 1 is 0.278 bits per heavy atom. The average molecular weight is 1850 g/mol. The first kappa shape index (κ1) is 121. The van der Waals surface area contributed by atoms with Crippen molar-refractivity contribution in [3.63, 3.8) is 0 Å². The third-order valence-corrected chi connectivity index (χ3v) is 24.6. The zero-order valence-corrected chi connectivity index (χ0v) is 86.4. The molecule has 133 heavy (non-hydrogen) atoms. The van der Waals surface area contributed by atoms with E-state index in [2.05, 4.69) is 351 Å². The van der Waals surface area contributed by atoms with Crippen LogP contribution in [0.25, 0.3) is 0 Å². The lowest BCUT2D eigenvalue weighted by atomic mass is 10.1. The summed E-state index contributed by atoms with van der Waals surface area (Å²) in [6, 6.07) is 1.06. The maximum absolute atomic E-state index is 11.7. The molecule has 6 rings (SSSR count). The predicted octanol–water partition coefficient (Wildman–Crippen LogP) is 30.7. The fraction of sp³-hybridized carbons (Fsp3) is 0.622. The topological polar surface area (TPSA) is 183 Å². The summed E-state index contributed by atoms with van der Waals surface area (Å²) < 4.78 is 17.1. The van der Waals surface area contributed by atoms with E-state index in [9.17, 15) is 24.0 Å². The normalized spacial score (nSPS) is 21.0. The number of thioether (sulfide) groups is 1. The Bertz CT molecular complexity index is 3460. The number of carbonyl (C=O) groups is 5. The Morgan fingerprint density at radius 2 is 0.526 bits per heavy atom. The molecule has 0 radical (unpaired) electrons. The maximum Gasteiger partial charge on any atom is 0.220 e. The van der Waals surface area contributed by atoms with E-state index in [1.54, 1.807) is 0 Å². The van der Waals surface area contributed by atoms with Crippen LogP contribution in [-0.4, -0.2) is 108 Å². The van der Waals surface area contributed by atoms with Crippen molar-refractivity contribution in [2.45, 2.75) is 450 Å². The molecule has 4 heterocycles. The first-order chi connectivity index (χ1) is 65.2. The van der Waals surface area contributed by atoms with Crippen molar-refractivity contribution in [2.75, 3.05) is 13.1 Å². The molecule has 746 valence electrons. The zero-order chi connectivity index (χ0) is 96.4. The Labute approximate surface area is 818 Å². The molecule has 0 spiro atoms. The summed E-state index contributed by atoms with van der Waals surface area (Å²) in [4.78, 5) is 57.9. The number of rotatable bonds is 75. The quantitative estimate of drug-likeness (QED) is 0.0225. The van der Waals surface area contributed by atoms with Gasteiger partial charge in [-0.2, -0.15) is 11.8 Å². The molecule has 2 aliphatic carbocycles. The van der Waals surface area contributed by atoms with Crippen LogP contribution >= 0.6 is 11.8 Å². The van der Waals surface area contributed by atoms with E-state index in [-0.39, 0.29) is 35.6 Å². The molecule has 13 nitrogen and oxygen atoms in total. The van der Waals surface area contributed by atoms with Crippen molar-refractivity contribution >= 4 is 41.3 Å². The molecule has 6 aliphatic rings. The Balaban J connectivity index is 0.000000563. The van der Waals surface area contributed by atoms with Crippen molar-refractivity contribution in [3.8, 4) is 0 Å². The van der Waals surface area contributed by atoms with E-state index in [1.165, 1.54) is 32.1 Å². The summed E-state index contributed by atoms with van der Waals surface area (Å²) in [5.41, 5.74) is 0. The summed E-state index contributed by atoms with van der Waals surface area (Å²) in [5, 5.41) is 16.5. The van der Waals surface area contributed by atoms with Gasteiger partial charge in [0.15, 0.2) is 0 Å². The molecule has 5 amide bonds. The molecule has 0 aromatic carbocycles. The Morgan fingerprint density at radius 3 is 0.812 bits per heavy atom. The fourth-order valence-corrected chi connectivity index (χ4v) is 15.0. The minimum atomic E-state index is 0.169. The van der Waals surface area contributed by atoms with Gasteiger partial charge < -0.3 is 40.8 Å². The van der Waals surface area contributed by atoms with Crippen LogP contribution < -0.4 is 26.6 Å². The molecule has 5 N–H and O–H groups in total. The van der Waals surface area contributed by atoms with Crippen LogP contribution in [0, 0.1) is 11.8 Å². The monoisotopic (exact) mass is 1850 g/mol. The van der Waals surface area contributed by atoms with Crippen molar-refractivity contribution < 1.29 is 38.2 Å². The van der Waals surface area contributed by atoms with Gasteiger partial charge in [0.1, 0.15) is 0 Å². The highest BCUT2D eigenvalue weighted by atomic mass is 32.2. The van der Waals surface area contributed by atoms with E-state index in [4.69, 9.17) is 14.2 Å². The summed E-state index contributed by atoms with van der Waals surface area (Å²) >= 11 is 2.10. The number of hydrogen-bond donors (Lipinski definition) is 5. The summed E-state index contributed by atoms with van der Waals surface area (Å²) in [6.45, 7) is 24.9. The molecule has 12 unspecified atom stereocenters. The number of unbranched alkanes of at least 4 members (excludes halogenated alkanes) is 6. The Hall–Kier alpha value is -7.62. The molecule has 4 saturated heterocycles. The van der Waals surface area contributed by atoms with Crippen LogP contribution in [0.3, 0.4) is 0 Å². The van der Waals surface area contributed by atoms with Gasteiger partial charge in [-0.15, -0.1) is 0 Å². The van der Waals surface area contributed by atoms with Gasteiger partial charge >= 0.3 is 0 Å². The molecular formula is C119H191N5O8S. The van der Waals surface area contributed by atoms with Crippen LogP contribution in [0.1, 0.15) is 384 Å². The number of epoxide rings is 3. The highest BCUT2D eigenvalue weighted by Gasteiger charge is 2.39. The molecule has 6 fully saturated rings. The lowest BCUT2D eigenvalue weighted by Crippen LogP contribution is -2.31. The van der Waals surface area contributed by atoms with Crippen LogP contribution in [-0.2, 0) is 38.2 Å². The molecular weight excluding hydrogens is 1660 g/mol. The summed E-state index contributed by atoms with van der Waals surface area (Å²) in [6.07, 6.45) is 140. The fourth-order valence-electron chi connectivity index (χ4n) is 14.0. The maximum atomic E-state index is 11.7. The van der Waals surface area contributed by atoms with E-state index < -0.39 is 0 Å². The number of ether oxygens (including phenoxy) is 3. The van der Waals surface area contributed by atoms with Crippen molar-refractivity contribution in [1.82, 2.24) is 26.6 Å². The van der Waals surface area contributed by atoms with Gasteiger partial charge in [0, 0.05) is 73.8 Å². The number of allylic oxidation sites excluding steroid dienone is 34. The Kier molecular flexibility index (Phi) is 81.8. The second-order valence-corrected chi connectivity index (χ2v) is 37.4. The minimum Gasteiger partial charge on any atom is -0.369 e. The van der Waals surface area contributed by atoms with Crippen LogP contribution in [0.4, 0.5) is 0 Å². The first-order valence-electron chi connectivity index (χ1n) is 53.2. The molecule has 0 aromatic heterocycles. The van der Waals surface area contributed by atoms with Gasteiger partial charge in [0.05, 0.1) is 36.6 Å². The summed E-state index contributed by atoms with van der Waals surface area (Å²) in [5.74, 6) is 2.73. The third kappa shape index (κ3) is 82.4. The lowest BCUT2D eigenvalue weighted by Gasteiger charge is -2.10. The third-order valence-electron chi connectivity index (χ3n) is 23.2. The number of carbonyl (C=O) groups excluding carboxylic acids is 5. The standard InChI is InChI=1S/C25H41NO.2C24H39NO2.C23H35NO2.C23H37NOS/c1-4-6-7-8-9-10-11-12-15-18-23-21-24(23)19-16-13-14-17-20-25(27)26-22(3)5-2;1-4-6-7-8-9-10-11-12-15-18-22-23(27-22)19-16-13-14-17-20-24(26)25-21(3)5-2;1-3-5-7-8-9-10-11-12-15-18-22-23(27-22)19-16-13-14-17-20-24(26)25-21-6-4-2;1-2-3-4-5-6-7-8-9-12-15-21-22(26-21)16-13-10-11-14-17-23(25)24-20-18-19-20;1-3-5-6-7-8-9-10-11-14-17-21-22(26-21)18-15-12-13-16-19-23(25)24-20-4-2/h6-7,9-10,12-13,15-16,22-24H,4-5,8,11,14,17-21H2,1-3H3,(H,26,27);6-7,9-10,12-13,15-16,21-23H,4-5,8,11,14,17-20H2,1-3H3,(H,25,26);5,7,9-10,12-13,15-16,22-23H,3-4,6,8,11,14,17-21H2,1-2H3,(H,25,26);3-4,6-7,9-10,12-13,20-22H,2,5,8,11,14-19H2,1H3,(H,24,25);5-6,8-9,11-12,14-15,21-22H,3-4,7,10,13,16-20H2,1-2H3,(H,24,25)/b2*7-6-,10-9-,15-12-,16-13-;7-5-,10-9-,15-12-,16-13-;4-3-,7-6-,12-9-,13-10-;6-5-,9-8-,14-11-,15-12-. The van der Waals surface area contributed by atoms with Crippen LogP contribution in [0.5, 0.6) is 0 Å². The van der Waals surface area contributed by atoms with Gasteiger partial charge in [-0.1, -0.05) is 312 Å². The van der Waals surface area contributed by atoms with Crippen molar-refractivity contribution in [3.05, 3.63) is 243 Å². The van der Waals surface area contributed by atoms with E-state index in [0.717, 1.165) is 279 Å². The molecule has 0 aromatic rings. The van der Waals surface area contributed by atoms with Gasteiger partial charge in [0.2, 0.25) is 29.5 Å². The zero-order valence-electron chi connectivity index (χ0n) is 85.6. The second kappa shape index (κ2) is 89.6. The lowest BCUT2D eigenvalue weighted by molar-refractivity contribution is -0.122. The average Bonchev–Trinajstić information content (AvgIpc) is 1.73. The minimum absolute atomic E-state index is 0.169. The van der Waals surface area contributed by atoms with Crippen LogP contribution in [0.15, 0.2) is 243 Å².